The summed E-state index contributed by atoms with van der Waals surface area (Å²) in [5, 5.41) is 12.6. The van der Waals surface area contributed by atoms with Gasteiger partial charge >= 0.3 is 6.09 Å². The van der Waals surface area contributed by atoms with Crippen molar-refractivity contribution in [2.75, 3.05) is 5.32 Å². The van der Waals surface area contributed by atoms with Crippen LogP contribution in [0.25, 0.3) is 0 Å². The van der Waals surface area contributed by atoms with Crippen LogP contribution in [-0.2, 0) is 11.3 Å². The van der Waals surface area contributed by atoms with Gasteiger partial charge in [0.25, 0.3) is 0 Å². The largest absolute Gasteiger partial charge is 0.508 e. The van der Waals surface area contributed by atoms with Gasteiger partial charge in [0.15, 0.2) is 0 Å². The minimum absolute atomic E-state index is 0.224. The number of amides is 1. The van der Waals surface area contributed by atoms with Gasteiger partial charge in [-0.1, -0.05) is 44.2 Å². The van der Waals surface area contributed by atoms with Crippen molar-refractivity contribution in [3.63, 3.8) is 0 Å². The molecule has 1 atom stereocenters. The molecule has 116 valence electrons. The SMILES string of the molecule is CCC(C)c1cc(NC(=O)OCc2ccccc2)ccc1O. The molecule has 0 saturated heterocycles. The van der Waals surface area contributed by atoms with Gasteiger partial charge in [-0.15, -0.1) is 0 Å². The lowest BCUT2D eigenvalue weighted by Gasteiger charge is -2.13. The highest BCUT2D eigenvalue weighted by Gasteiger charge is 2.11. The number of phenols is 1. The van der Waals surface area contributed by atoms with E-state index in [2.05, 4.69) is 12.2 Å². The van der Waals surface area contributed by atoms with E-state index in [9.17, 15) is 9.90 Å². The molecule has 2 rings (SSSR count). The lowest BCUT2D eigenvalue weighted by atomic mass is 9.97. The molecule has 0 heterocycles. The van der Waals surface area contributed by atoms with Gasteiger partial charge in [-0.3, -0.25) is 5.32 Å². The van der Waals surface area contributed by atoms with Crippen LogP contribution in [-0.4, -0.2) is 11.2 Å². The van der Waals surface area contributed by atoms with E-state index in [-0.39, 0.29) is 18.3 Å². The molecule has 0 fully saturated rings. The van der Waals surface area contributed by atoms with Crippen molar-refractivity contribution < 1.29 is 14.6 Å². The first kappa shape index (κ1) is 15.9. The number of carbonyl (C=O) groups excluding carboxylic acids is 1. The molecule has 1 unspecified atom stereocenters. The van der Waals surface area contributed by atoms with Crippen molar-refractivity contribution in [2.45, 2.75) is 32.8 Å². The number of hydrogen-bond donors (Lipinski definition) is 2. The zero-order valence-corrected chi connectivity index (χ0v) is 12.9. The standard InChI is InChI=1S/C18H21NO3/c1-3-13(2)16-11-15(9-10-17(16)20)19-18(21)22-12-14-7-5-4-6-8-14/h4-11,13,20H,3,12H2,1-2H3,(H,19,21). The molecule has 0 aliphatic rings. The minimum atomic E-state index is -0.510. The monoisotopic (exact) mass is 299 g/mol. The van der Waals surface area contributed by atoms with Gasteiger partial charge in [0.1, 0.15) is 12.4 Å². The van der Waals surface area contributed by atoms with Crippen LogP contribution in [0.4, 0.5) is 10.5 Å². The van der Waals surface area contributed by atoms with E-state index in [1.54, 1.807) is 18.2 Å². The Balaban J connectivity index is 1.97. The Morgan fingerprint density at radius 2 is 1.95 bits per heavy atom. The molecule has 2 N–H and O–H groups in total. The molecule has 0 aliphatic carbocycles. The number of benzene rings is 2. The number of hydrogen-bond acceptors (Lipinski definition) is 3. The lowest BCUT2D eigenvalue weighted by Crippen LogP contribution is -2.13. The maximum Gasteiger partial charge on any atom is 0.411 e. The average Bonchev–Trinajstić information content (AvgIpc) is 2.55. The molecule has 22 heavy (non-hydrogen) atoms. The van der Waals surface area contributed by atoms with Gasteiger partial charge in [0.2, 0.25) is 0 Å². The third-order valence-electron chi connectivity index (χ3n) is 3.63. The predicted octanol–water partition coefficient (Wildman–Crippen LogP) is 4.65. The fraction of sp³-hybridized carbons (Fsp3) is 0.278. The lowest BCUT2D eigenvalue weighted by molar-refractivity contribution is 0.155. The van der Waals surface area contributed by atoms with E-state index in [0.717, 1.165) is 17.5 Å². The first-order valence-electron chi connectivity index (χ1n) is 7.40. The number of phenolic OH excluding ortho intramolecular Hbond substituents is 1. The molecular weight excluding hydrogens is 278 g/mol. The molecule has 0 saturated carbocycles. The van der Waals surface area contributed by atoms with Crippen molar-refractivity contribution >= 4 is 11.8 Å². The molecule has 1 amide bonds. The average molecular weight is 299 g/mol. The minimum Gasteiger partial charge on any atom is -0.508 e. The van der Waals surface area contributed by atoms with E-state index in [4.69, 9.17) is 4.74 Å². The van der Waals surface area contributed by atoms with Crippen LogP contribution in [0.15, 0.2) is 48.5 Å². The Morgan fingerprint density at radius 1 is 1.23 bits per heavy atom. The molecule has 0 radical (unpaired) electrons. The van der Waals surface area contributed by atoms with E-state index in [0.29, 0.717) is 5.69 Å². The van der Waals surface area contributed by atoms with E-state index in [1.165, 1.54) is 0 Å². The second-order valence-electron chi connectivity index (χ2n) is 5.27. The summed E-state index contributed by atoms with van der Waals surface area (Å²) in [5.74, 6) is 0.472. The number of aromatic hydroxyl groups is 1. The van der Waals surface area contributed by atoms with Crippen molar-refractivity contribution in [3.8, 4) is 5.75 Å². The topological polar surface area (TPSA) is 58.6 Å². The highest BCUT2D eigenvalue weighted by atomic mass is 16.5. The maximum absolute atomic E-state index is 11.8. The molecule has 0 bridgehead atoms. The Morgan fingerprint density at radius 3 is 2.64 bits per heavy atom. The molecule has 2 aromatic carbocycles. The van der Waals surface area contributed by atoms with Crippen molar-refractivity contribution in [2.24, 2.45) is 0 Å². The molecule has 0 spiro atoms. The third kappa shape index (κ3) is 4.25. The Kier molecular flexibility index (Phi) is 5.42. The van der Waals surface area contributed by atoms with Crippen LogP contribution in [0.5, 0.6) is 5.75 Å². The van der Waals surface area contributed by atoms with E-state index in [1.807, 2.05) is 37.3 Å². The van der Waals surface area contributed by atoms with Crippen molar-refractivity contribution in [1.29, 1.82) is 0 Å². The van der Waals surface area contributed by atoms with Gasteiger partial charge < -0.3 is 9.84 Å². The van der Waals surface area contributed by atoms with Crippen molar-refractivity contribution in [3.05, 3.63) is 59.7 Å². The molecule has 4 heteroatoms. The summed E-state index contributed by atoms with van der Waals surface area (Å²) in [6.07, 6.45) is 0.403. The molecular formula is C18H21NO3. The Labute approximate surface area is 130 Å². The first-order valence-corrected chi connectivity index (χ1v) is 7.40. The molecule has 0 aliphatic heterocycles. The van der Waals surface area contributed by atoms with Crippen LogP contribution < -0.4 is 5.32 Å². The summed E-state index contributed by atoms with van der Waals surface area (Å²) in [4.78, 5) is 11.8. The quantitative estimate of drug-likeness (QED) is 0.790. The highest BCUT2D eigenvalue weighted by Crippen LogP contribution is 2.30. The van der Waals surface area contributed by atoms with Gasteiger partial charge in [0.05, 0.1) is 0 Å². The first-order chi connectivity index (χ1) is 10.6. The van der Waals surface area contributed by atoms with Crippen LogP contribution in [0, 0.1) is 0 Å². The Bertz CT molecular complexity index is 625. The summed E-state index contributed by atoms with van der Waals surface area (Å²) in [6.45, 7) is 4.31. The molecule has 4 nitrogen and oxygen atoms in total. The summed E-state index contributed by atoms with van der Waals surface area (Å²) < 4.78 is 5.18. The molecule has 2 aromatic rings. The highest BCUT2D eigenvalue weighted by molar-refractivity contribution is 5.84. The second-order valence-corrected chi connectivity index (χ2v) is 5.27. The van der Waals surface area contributed by atoms with Gasteiger partial charge in [-0.25, -0.2) is 4.79 Å². The number of anilines is 1. The van der Waals surface area contributed by atoms with Gasteiger partial charge in [0, 0.05) is 5.69 Å². The summed E-state index contributed by atoms with van der Waals surface area (Å²) >= 11 is 0. The van der Waals surface area contributed by atoms with Crippen LogP contribution in [0.1, 0.15) is 37.3 Å². The summed E-state index contributed by atoms with van der Waals surface area (Å²) in [6, 6.07) is 14.5. The van der Waals surface area contributed by atoms with Crippen LogP contribution >= 0.6 is 0 Å². The number of carbonyl (C=O) groups is 1. The normalized spacial score (nSPS) is 11.7. The Hall–Kier alpha value is -2.49. The summed E-state index contributed by atoms with van der Waals surface area (Å²) in [5.41, 5.74) is 2.37. The number of nitrogens with one attached hydrogen (secondary N) is 1. The zero-order chi connectivity index (χ0) is 15.9. The third-order valence-corrected chi connectivity index (χ3v) is 3.63. The van der Waals surface area contributed by atoms with Crippen LogP contribution in [0.2, 0.25) is 0 Å². The smallest absolute Gasteiger partial charge is 0.411 e. The maximum atomic E-state index is 11.8. The fourth-order valence-electron chi connectivity index (χ4n) is 2.12. The van der Waals surface area contributed by atoms with E-state index < -0.39 is 6.09 Å². The van der Waals surface area contributed by atoms with Crippen LogP contribution in [0.3, 0.4) is 0 Å². The zero-order valence-electron chi connectivity index (χ0n) is 12.9. The summed E-state index contributed by atoms with van der Waals surface area (Å²) in [7, 11) is 0. The second kappa shape index (κ2) is 7.50. The van der Waals surface area contributed by atoms with Gasteiger partial charge in [-0.05, 0) is 41.7 Å². The van der Waals surface area contributed by atoms with Gasteiger partial charge in [-0.2, -0.15) is 0 Å². The van der Waals surface area contributed by atoms with E-state index >= 15 is 0 Å². The molecule has 0 aromatic heterocycles. The predicted molar refractivity (Wildman–Crippen MR) is 87.1 cm³/mol. The van der Waals surface area contributed by atoms with Crippen molar-refractivity contribution in [1.82, 2.24) is 0 Å². The number of rotatable bonds is 5. The fourth-order valence-corrected chi connectivity index (χ4v) is 2.12. The number of ether oxygens (including phenoxy) is 1.